The van der Waals surface area contributed by atoms with Crippen molar-refractivity contribution in [3.63, 3.8) is 0 Å². The fourth-order valence-electron chi connectivity index (χ4n) is 2.73. The zero-order valence-electron chi connectivity index (χ0n) is 13.0. The SMILES string of the molecule is CC.CC(C)C1CCN(Cc2cccc(P)c2)CC1. The molecular weight excluding hydrogens is 249 g/mol. The molecule has 0 spiro atoms. The molecule has 1 fully saturated rings. The Morgan fingerprint density at radius 2 is 1.84 bits per heavy atom. The van der Waals surface area contributed by atoms with Gasteiger partial charge < -0.3 is 0 Å². The molecule has 1 atom stereocenters. The molecule has 1 heterocycles. The van der Waals surface area contributed by atoms with Gasteiger partial charge in [-0.2, -0.15) is 0 Å². The van der Waals surface area contributed by atoms with Crippen molar-refractivity contribution in [2.24, 2.45) is 11.8 Å². The van der Waals surface area contributed by atoms with Gasteiger partial charge in [-0.1, -0.05) is 52.0 Å². The summed E-state index contributed by atoms with van der Waals surface area (Å²) in [5.74, 6) is 1.80. The van der Waals surface area contributed by atoms with Gasteiger partial charge in [0.2, 0.25) is 0 Å². The molecule has 108 valence electrons. The van der Waals surface area contributed by atoms with Crippen LogP contribution in [-0.2, 0) is 6.54 Å². The molecule has 1 aromatic carbocycles. The summed E-state index contributed by atoms with van der Waals surface area (Å²) in [5.41, 5.74) is 1.44. The molecule has 2 heteroatoms. The van der Waals surface area contributed by atoms with Gasteiger partial charge in [0.15, 0.2) is 0 Å². The van der Waals surface area contributed by atoms with E-state index in [1.807, 2.05) is 13.8 Å². The topological polar surface area (TPSA) is 3.24 Å². The van der Waals surface area contributed by atoms with Crippen molar-refractivity contribution in [2.75, 3.05) is 13.1 Å². The van der Waals surface area contributed by atoms with Gasteiger partial charge in [0.25, 0.3) is 0 Å². The van der Waals surface area contributed by atoms with Gasteiger partial charge in [-0.05, 0) is 48.6 Å². The molecule has 19 heavy (non-hydrogen) atoms. The van der Waals surface area contributed by atoms with E-state index in [4.69, 9.17) is 0 Å². The minimum atomic E-state index is 0.854. The first kappa shape index (κ1) is 16.7. The first-order chi connectivity index (χ1) is 9.15. The predicted molar refractivity (Wildman–Crippen MR) is 90.0 cm³/mol. The third-order valence-electron chi connectivity index (χ3n) is 3.93. The smallest absolute Gasteiger partial charge is 0.0233 e. The lowest BCUT2D eigenvalue weighted by Gasteiger charge is -2.33. The lowest BCUT2D eigenvalue weighted by Crippen LogP contribution is -2.34. The quantitative estimate of drug-likeness (QED) is 0.754. The largest absolute Gasteiger partial charge is 0.299 e. The van der Waals surface area contributed by atoms with Gasteiger partial charge in [0.05, 0.1) is 0 Å². The van der Waals surface area contributed by atoms with E-state index in [2.05, 4.69) is 52.3 Å². The minimum absolute atomic E-state index is 0.854. The van der Waals surface area contributed by atoms with Crippen molar-refractivity contribution in [1.29, 1.82) is 0 Å². The fourth-order valence-corrected chi connectivity index (χ4v) is 3.05. The van der Waals surface area contributed by atoms with Gasteiger partial charge in [0.1, 0.15) is 0 Å². The molecule has 0 aliphatic carbocycles. The third kappa shape index (κ3) is 5.63. The first-order valence-electron chi connectivity index (χ1n) is 7.72. The van der Waals surface area contributed by atoms with E-state index in [1.165, 1.54) is 36.8 Å². The van der Waals surface area contributed by atoms with E-state index in [-0.39, 0.29) is 0 Å². The lowest BCUT2D eigenvalue weighted by atomic mass is 9.86. The molecule has 0 bridgehead atoms. The van der Waals surface area contributed by atoms with Crippen molar-refractivity contribution in [3.05, 3.63) is 29.8 Å². The van der Waals surface area contributed by atoms with Crippen LogP contribution < -0.4 is 5.30 Å². The molecule has 0 radical (unpaired) electrons. The molecule has 0 saturated carbocycles. The Hall–Kier alpha value is -0.390. The summed E-state index contributed by atoms with van der Waals surface area (Å²) in [6, 6.07) is 8.80. The van der Waals surface area contributed by atoms with E-state index in [1.54, 1.807) is 0 Å². The normalized spacial score (nSPS) is 17.2. The average molecular weight is 279 g/mol. The second kappa shape index (κ2) is 8.72. The third-order valence-corrected chi connectivity index (χ3v) is 4.29. The molecule has 1 saturated heterocycles. The fraction of sp³-hybridized carbons (Fsp3) is 0.647. The number of hydrogen-bond donors (Lipinski definition) is 0. The van der Waals surface area contributed by atoms with Crippen LogP contribution in [0.15, 0.2) is 24.3 Å². The Bertz CT molecular complexity index is 354. The van der Waals surface area contributed by atoms with Crippen LogP contribution in [0.4, 0.5) is 0 Å². The Morgan fingerprint density at radius 1 is 1.21 bits per heavy atom. The Balaban J connectivity index is 0.000000861. The van der Waals surface area contributed by atoms with Gasteiger partial charge in [0, 0.05) is 6.54 Å². The highest BCUT2D eigenvalue weighted by atomic mass is 31.0. The van der Waals surface area contributed by atoms with Crippen LogP contribution in [0.25, 0.3) is 0 Å². The second-order valence-corrected chi connectivity index (χ2v) is 6.27. The highest BCUT2D eigenvalue weighted by Crippen LogP contribution is 2.25. The molecule has 1 unspecified atom stereocenters. The molecule has 0 amide bonds. The maximum Gasteiger partial charge on any atom is 0.0233 e. The maximum absolute atomic E-state index is 2.78. The molecule has 0 aromatic heterocycles. The number of hydrogen-bond acceptors (Lipinski definition) is 1. The van der Waals surface area contributed by atoms with Gasteiger partial charge in [-0.25, -0.2) is 0 Å². The van der Waals surface area contributed by atoms with Crippen LogP contribution in [0.2, 0.25) is 0 Å². The Kier molecular flexibility index (Phi) is 7.64. The van der Waals surface area contributed by atoms with Gasteiger partial charge in [-0.15, -0.1) is 9.24 Å². The highest BCUT2D eigenvalue weighted by molar-refractivity contribution is 7.27. The number of likely N-dealkylation sites (tertiary alicyclic amines) is 1. The van der Waals surface area contributed by atoms with Crippen molar-refractivity contribution < 1.29 is 0 Å². The van der Waals surface area contributed by atoms with Crippen molar-refractivity contribution in [1.82, 2.24) is 4.90 Å². The van der Waals surface area contributed by atoms with Crippen LogP contribution in [0.3, 0.4) is 0 Å². The van der Waals surface area contributed by atoms with E-state index in [9.17, 15) is 0 Å². The van der Waals surface area contributed by atoms with E-state index in [0.29, 0.717) is 0 Å². The van der Waals surface area contributed by atoms with Crippen molar-refractivity contribution >= 4 is 14.5 Å². The Morgan fingerprint density at radius 3 is 2.37 bits per heavy atom. The van der Waals surface area contributed by atoms with Gasteiger partial charge >= 0.3 is 0 Å². The minimum Gasteiger partial charge on any atom is -0.299 e. The zero-order valence-corrected chi connectivity index (χ0v) is 14.2. The summed E-state index contributed by atoms with van der Waals surface area (Å²) in [5, 5.41) is 1.29. The van der Waals surface area contributed by atoms with Crippen molar-refractivity contribution in [3.8, 4) is 0 Å². The van der Waals surface area contributed by atoms with Crippen molar-refractivity contribution in [2.45, 2.75) is 47.1 Å². The molecule has 2 rings (SSSR count). The van der Waals surface area contributed by atoms with E-state index in [0.717, 1.165) is 18.4 Å². The summed E-state index contributed by atoms with van der Waals surface area (Å²) in [6.07, 6.45) is 2.75. The number of piperidine rings is 1. The maximum atomic E-state index is 2.78. The van der Waals surface area contributed by atoms with Crippen LogP contribution in [0.1, 0.15) is 46.1 Å². The average Bonchev–Trinajstić information content (AvgIpc) is 2.41. The van der Waals surface area contributed by atoms with Crippen LogP contribution in [0, 0.1) is 11.8 Å². The summed E-state index contributed by atoms with van der Waals surface area (Å²) in [7, 11) is 2.78. The zero-order chi connectivity index (χ0) is 14.3. The molecule has 0 N–H and O–H groups in total. The number of rotatable bonds is 3. The molecule has 1 nitrogen and oxygen atoms in total. The summed E-state index contributed by atoms with van der Waals surface area (Å²) < 4.78 is 0. The summed E-state index contributed by atoms with van der Waals surface area (Å²) in [6.45, 7) is 12.4. The predicted octanol–water partition coefficient (Wildman–Crippen LogP) is 4.08. The first-order valence-corrected chi connectivity index (χ1v) is 8.29. The molecular formula is C17H30NP. The summed E-state index contributed by atoms with van der Waals surface area (Å²) in [4.78, 5) is 2.60. The summed E-state index contributed by atoms with van der Waals surface area (Å²) >= 11 is 0. The van der Waals surface area contributed by atoms with E-state index >= 15 is 0 Å². The van der Waals surface area contributed by atoms with Crippen LogP contribution in [0.5, 0.6) is 0 Å². The monoisotopic (exact) mass is 279 g/mol. The standard InChI is InChI=1S/C15H24NP.C2H6/c1-12(2)14-6-8-16(9-7-14)11-13-4-3-5-15(17)10-13;1-2/h3-5,10,12,14H,6-9,11,17H2,1-2H3;1-2H3. The van der Waals surface area contributed by atoms with Gasteiger partial charge in [-0.3, -0.25) is 4.90 Å². The lowest BCUT2D eigenvalue weighted by molar-refractivity contribution is 0.152. The van der Waals surface area contributed by atoms with Crippen LogP contribution >= 0.6 is 9.24 Å². The van der Waals surface area contributed by atoms with Crippen LogP contribution in [-0.4, -0.2) is 18.0 Å². The molecule has 1 aromatic rings. The Labute approximate surface area is 122 Å². The van der Waals surface area contributed by atoms with E-state index < -0.39 is 0 Å². The highest BCUT2D eigenvalue weighted by Gasteiger charge is 2.21. The second-order valence-electron chi connectivity index (χ2n) is 5.60. The molecule has 1 aliphatic heterocycles. The number of benzene rings is 1. The molecule has 1 aliphatic rings. The number of nitrogens with zero attached hydrogens (tertiary/aromatic N) is 1.